The fourth-order valence-corrected chi connectivity index (χ4v) is 5.05. The van der Waals surface area contributed by atoms with Gasteiger partial charge >= 0.3 is 5.97 Å². The molecule has 0 bridgehead atoms. The maximum Gasteiger partial charge on any atom is 0.349 e. The number of allylic oxidation sites excluding steroid dienone is 3. The van der Waals surface area contributed by atoms with E-state index in [2.05, 4.69) is 56.1 Å². The molecular formula is C32H45N3O5. The molecule has 1 heterocycles. The monoisotopic (exact) mass is 551 g/mol. The van der Waals surface area contributed by atoms with Gasteiger partial charge in [0.25, 0.3) is 0 Å². The number of esters is 1. The minimum atomic E-state index is -1.10. The molecule has 0 atom stereocenters. The molecule has 1 aliphatic carbocycles. The van der Waals surface area contributed by atoms with Crippen LogP contribution >= 0.6 is 0 Å². The lowest BCUT2D eigenvalue weighted by Gasteiger charge is -2.38. The number of aryl methyl sites for hydroxylation is 3. The van der Waals surface area contributed by atoms with Crippen LogP contribution in [0, 0.1) is 26.2 Å². The first-order valence-corrected chi connectivity index (χ1v) is 13.9. The Morgan fingerprint density at radius 2 is 1.82 bits per heavy atom. The highest BCUT2D eigenvalue weighted by Gasteiger charge is 2.39. The summed E-state index contributed by atoms with van der Waals surface area (Å²) >= 11 is 0. The number of carbonyl (C=O) groups excluding carboxylic acids is 2. The molecule has 0 unspecified atom stereocenters. The lowest BCUT2D eigenvalue weighted by atomic mass is 9.77. The number of oxazole rings is 1. The van der Waals surface area contributed by atoms with Crippen molar-refractivity contribution >= 4 is 11.9 Å². The Morgan fingerprint density at radius 3 is 2.42 bits per heavy atom. The number of likely N-dealkylation sites (N-methyl/N-ethyl adjacent to an activating group) is 1. The van der Waals surface area contributed by atoms with Crippen molar-refractivity contribution in [2.24, 2.45) is 5.41 Å². The zero-order valence-electron chi connectivity index (χ0n) is 25.8. The largest absolute Gasteiger partial charge is 0.480 e. The number of hydrogen-bond donors (Lipinski definition) is 1. The number of amides is 1. The highest BCUT2D eigenvalue weighted by atomic mass is 16.6. The third-order valence-electron chi connectivity index (χ3n) is 7.28. The summed E-state index contributed by atoms with van der Waals surface area (Å²) in [7, 11) is 1.64. The van der Waals surface area contributed by atoms with Crippen LogP contribution in [0.2, 0.25) is 0 Å². The van der Waals surface area contributed by atoms with Gasteiger partial charge in [-0.3, -0.25) is 9.69 Å². The van der Waals surface area contributed by atoms with Crippen molar-refractivity contribution < 1.29 is 23.5 Å². The number of rotatable bonds is 11. The quantitative estimate of drug-likeness (QED) is 0.353. The first kappa shape index (κ1) is 31.1. The maximum atomic E-state index is 12.5. The van der Waals surface area contributed by atoms with E-state index in [4.69, 9.17) is 18.9 Å². The van der Waals surface area contributed by atoms with Gasteiger partial charge in [0.05, 0.1) is 18.8 Å². The molecular weight excluding hydrogens is 506 g/mol. The number of nitrogens with one attached hydrogen (secondary N) is 1. The third kappa shape index (κ3) is 7.42. The van der Waals surface area contributed by atoms with E-state index < -0.39 is 5.60 Å². The molecule has 8 nitrogen and oxygen atoms in total. The Morgan fingerprint density at radius 1 is 1.12 bits per heavy atom. The summed E-state index contributed by atoms with van der Waals surface area (Å²) in [6, 6.07) is 6.17. The van der Waals surface area contributed by atoms with Gasteiger partial charge in [-0.15, -0.1) is 0 Å². The van der Waals surface area contributed by atoms with Crippen LogP contribution in [-0.4, -0.2) is 54.1 Å². The van der Waals surface area contributed by atoms with E-state index in [1.807, 2.05) is 19.9 Å². The first-order valence-electron chi connectivity index (χ1n) is 13.9. The SMILES string of the molecule is CCOC(=O)C(C)(C)OC1=C(C)C=C(CN(CC(=O)NC)Cc2nc(-c3ccc(C)c(C)c3)oc2C)CC1(C)C. The van der Waals surface area contributed by atoms with Gasteiger partial charge in [0.15, 0.2) is 5.60 Å². The van der Waals surface area contributed by atoms with Gasteiger partial charge in [-0.2, -0.15) is 0 Å². The van der Waals surface area contributed by atoms with Crippen molar-refractivity contribution in [3.8, 4) is 11.5 Å². The van der Waals surface area contributed by atoms with E-state index in [0.717, 1.165) is 28.3 Å². The van der Waals surface area contributed by atoms with Gasteiger partial charge in [-0.1, -0.05) is 31.6 Å². The number of carbonyl (C=O) groups is 2. The standard InChI is InChI=1S/C32H45N3O5/c1-11-38-30(37)32(8,9)40-28-22(4)14-24(16-31(28,6)7)17-35(19-27(36)33-10)18-26-23(5)39-29(34-26)25-13-12-20(2)21(3)15-25/h12-15H,11,16-19H2,1-10H3,(H,33,36). The molecule has 1 aliphatic rings. The summed E-state index contributed by atoms with van der Waals surface area (Å²) in [6.45, 7) is 19.1. The van der Waals surface area contributed by atoms with E-state index in [0.29, 0.717) is 32.0 Å². The molecule has 0 aliphatic heterocycles. The summed E-state index contributed by atoms with van der Waals surface area (Å²) in [4.78, 5) is 31.8. The van der Waals surface area contributed by atoms with Crippen LogP contribution in [0.15, 0.2) is 45.6 Å². The Kier molecular flexibility index (Phi) is 9.67. The van der Waals surface area contributed by atoms with Crippen LogP contribution in [0.3, 0.4) is 0 Å². The number of aromatic nitrogens is 1. The van der Waals surface area contributed by atoms with Gasteiger partial charge in [0.1, 0.15) is 11.5 Å². The predicted molar refractivity (Wildman–Crippen MR) is 156 cm³/mol. The minimum absolute atomic E-state index is 0.0707. The molecule has 2 aromatic rings. The highest BCUT2D eigenvalue weighted by Crippen LogP contribution is 2.42. The van der Waals surface area contributed by atoms with Crippen molar-refractivity contribution in [2.75, 3.05) is 26.7 Å². The average Bonchev–Trinajstić information content (AvgIpc) is 3.22. The number of ether oxygens (including phenoxy) is 2. The van der Waals surface area contributed by atoms with Crippen molar-refractivity contribution in [2.45, 2.75) is 80.9 Å². The molecule has 1 aromatic carbocycles. The van der Waals surface area contributed by atoms with Gasteiger partial charge < -0.3 is 19.2 Å². The zero-order valence-corrected chi connectivity index (χ0v) is 25.8. The lowest BCUT2D eigenvalue weighted by Crippen LogP contribution is -2.40. The Hall–Kier alpha value is -3.39. The Labute approximate surface area is 238 Å². The minimum Gasteiger partial charge on any atom is -0.480 e. The average molecular weight is 552 g/mol. The zero-order chi connectivity index (χ0) is 29.8. The molecule has 1 N–H and O–H groups in total. The third-order valence-corrected chi connectivity index (χ3v) is 7.28. The van der Waals surface area contributed by atoms with Crippen LogP contribution in [0.5, 0.6) is 0 Å². The molecule has 0 saturated heterocycles. The molecule has 0 spiro atoms. The molecule has 0 fully saturated rings. The molecule has 218 valence electrons. The molecule has 40 heavy (non-hydrogen) atoms. The fourth-order valence-electron chi connectivity index (χ4n) is 5.05. The Balaban J connectivity index is 1.86. The summed E-state index contributed by atoms with van der Waals surface area (Å²) in [5.74, 6) is 1.64. The summed E-state index contributed by atoms with van der Waals surface area (Å²) < 4.78 is 17.6. The van der Waals surface area contributed by atoms with Crippen molar-refractivity contribution in [1.29, 1.82) is 0 Å². The predicted octanol–water partition coefficient (Wildman–Crippen LogP) is 5.80. The van der Waals surface area contributed by atoms with Crippen LogP contribution < -0.4 is 5.32 Å². The van der Waals surface area contributed by atoms with Crippen molar-refractivity contribution in [3.63, 3.8) is 0 Å². The van der Waals surface area contributed by atoms with Gasteiger partial charge in [0.2, 0.25) is 11.8 Å². The van der Waals surface area contributed by atoms with Gasteiger partial charge in [0, 0.05) is 31.1 Å². The number of benzene rings is 1. The fraction of sp³-hybridized carbons (Fsp3) is 0.531. The second-order valence-electron chi connectivity index (χ2n) is 11.8. The van der Waals surface area contributed by atoms with Crippen LogP contribution in [-0.2, 0) is 25.6 Å². The second kappa shape index (κ2) is 12.4. The van der Waals surface area contributed by atoms with E-state index in [-0.39, 0.29) is 23.8 Å². The Bertz CT molecular complexity index is 1320. The molecule has 1 amide bonds. The number of hydrogen-bond acceptors (Lipinski definition) is 7. The number of nitrogens with zero attached hydrogens (tertiary/aromatic N) is 2. The topological polar surface area (TPSA) is 93.9 Å². The normalized spacial score (nSPS) is 15.2. The molecule has 0 saturated carbocycles. The van der Waals surface area contributed by atoms with Crippen LogP contribution in [0.25, 0.3) is 11.5 Å². The van der Waals surface area contributed by atoms with Crippen LogP contribution in [0.1, 0.15) is 70.5 Å². The molecule has 1 aromatic heterocycles. The van der Waals surface area contributed by atoms with E-state index in [1.165, 1.54) is 16.7 Å². The lowest BCUT2D eigenvalue weighted by molar-refractivity contribution is -0.165. The summed E-state index contributed by atoms with van der Waals surface area (Å²) in [6.07, 6.45) is 2.82. The highest BCUT2D eigenvalue weighted by molar-refractivity contribution is 5.79. The first-order chi connectivity index (χ1) is 18.7. The van der Waals surface area contributed by atoms with Crippen molar-refractivity contribution in [1.82, 2.24) is 15.2 Å². The van der Waals surface area contributed by atoms with E-state index in [1.54, 1.807) is 27.8 Å². The molecule has 3 rings (SSSR count). The summed E-state index contributed by atoms with van der Waals surface area (Å²) in [5.41, 5.74) is 4.82. The van der Waals surface area contributed by atoms with E-state index >= 15 is 0 Å². The van der Waals surface area contributed by atoms with Crippen molar-refractivity contribution in [3.05, 3.63) is 63.8 Å². The van der Waals surface area contributed by atoms with Crippen LogP contribution in [0.4, 0.5) is 0 Å². The summed E-state index contributed by atoms with van der Waals surface area (Å²) in [5, 5.41) is 2.74. The molecule has 0 radical (unpaired) electrons. The maximum absolute atomic E-state index is 12.5. The van der Waals surface area contributed by atoms with Gasteiger partial charge in [-0.25, -0.2) is 9.78 Å². The second-order valence-corrected chi connectivity index (χ2v) is 11.8. The van der Waals surface area contributed by atoms with Gasteiger partial charge in [-0.05, 0) is 83.7 Å². The van der Waals surface area contributed by atoms with E-state index in [9.17, 15) is 9.59 Å². The molecule has 8 heteroatoms. The smallest absolute Gasteiger partial charge is 0.349 e.